The van der Waals surface area contributed by atoms with E-state index >= 15 is 0 Å². The second kappa shape index (κ2) is 5.96. The van der Waals surface area contributed by atoms with E-state index in [0.717, 1.165) is 25.7 Å². The van der Waals surface area contributed by atoms with Crippen LogP contribution in [-0.4, -0.2) is 11.4 Å². The van der Waals surface area contributed by atoms with Crippen LogP contribution in [0.1, 0.15) is 61.8 Å². The minimum absolute atomic E-state index is 0.0353. The summed E-state index contributed by atoms with van der Waals surface area (Å²) in [5, 5.41) is 3.09. The lowest BCUT2D eigenvalue weighted by Gasteiger charge is -2.24. The van der Waals surface area contributed by atoms with Crippen LogP contribution in [0.5, 0.6) is 0 Å². The quantitative estimate of drug-likeness (QED) is 0.886. The van der Waals surface area contributed by atoms with Gasteiger partial charge in [-0.25, -0.2) is 0 Å². The summed E-state index contributed by atoms with van der Waals surface area (Å²) < 4.78 is 0. The first-order chi connectivity index (χ1) is 9.39. The van der Waals surface area contributed by atoms with Gasteiger partial charge in [-0.2, -0.15) is 0 Å². The van der Waals surface area contributed by atoms with Crippen LogP contribution < -0.4 is 11.1 Å². The van der Waals surface area contributed by atoms with Crippen LogP contribution in [0.2, 0.25) is 0 Å². The van der Waals surface area contributed by atoms with E-state index in [-0.39, 0.29) is 17.5 Å². The molecule has 1 unspecified atom stereocenters. The standard InChI is InChI=1S/C17H26N2O/c1-12-6-7-15(13(2)10-12)14(3)19-16(20)11-17(18)8-4-5-9-17/h6-7,10,14H,4-5,8-9,11,18H2,1-3H3,(H,19,20). The number of carbonyl (C=O) groups excluding carboxylic acids is 1. The Morgan fingerprint density at radius 2 is 2.00 bits per heavy atom. The number of hydrogen-bond donors (Lipinski definition) is 2. The number of carbonyl (C=O) groups is 1. The molecule has 0 aromatic heterocycles. The highest BCUT2D eigenvalue weighted by Crippen LogP contribution is 2.30. The van der Waals surface area contributed by atoms with Crippen molar-refractivity contribution in [3.05, 3.63) is 34.9 Å². The zero-order valence-corrected chi connectivity index (χ0v) is 12.8. The lowest BCUT2D eigenvalue weighted by Crippen LogP contribution is -2.42. The highest BCUT2D eigenvalue weighted by molar-refractivity contribution is 5.77. The summed E-state index contributed by atoms with van der Waals surface area (Å²) in [5.74, 6) is 0.0712. The number of benzene rings is 1. The number of amides is 1. The van der Waals surface area contributed by atoms with E-state index in [9.17, 15) is 4.79 Å². The Labute approximate surface area is 121 Å². The molecule has 1 aliphatic rings. The molecule has 0 bridgehead atoms. The minimum Gasteiger partial charge on any atom is -0.350 e. The Morgan fingerprint density at radius 1 is 1.35 bits per heavy atom. The summed E-state index contributed by atoms with van der Waals surface area (Å²) in [6.07, 6.45) is 4.69. The molecule has 3 N–H and O–H groups in total. The average Bonchev–Trinajstić information content (AvgIpc) is 2.74. The van der Waals surface area contributed by atoms with Crippen molar-refractivity contribution in [2.24, 2.45) is 5.73 Å². The first-order valence-corrected chi connectivity index (χ1v) is 7.55. The summed E-state index contributed by atoms with van der Waals surface area (Å²) >= 11 is 0. The Balaban J connectivity index is 1.96. The fourth-order valence-corrected chi connectivity index (χ4v) is 3.26. The molecule has 0 heterocycles. The van der Waals surface area contributed by atoms with E-state index in [4.69, 9.17) is 5.73 Å². The van der Waals surface area contributed by atoms with E-state index in [1.807, 2.05) is 6.92 Å². The van der Waals surface area contributed by atoms with Crippen LogP contribution in [0.15, 0.2) is 18.2 Å². The van der Waals surface area contributed by atoms with Gasteiger partial charge in [0.25, 0.3) is 0 Å². The van der Waals surface area contributed by atoms with Crippen molar-refractivity contribution in [2.75, 3.05) is 0 Å². The van der Waals surface area contributed by atoms with Gasteiger partial charge in [-0.3, -0.25) is 4.79 Å². The first kappa shape index (κ1) is 15.0. The maximum absolute atomic E-state index is 12.2. The van der Waals surface area contributed by atoms with Gasteiger partial charge >= 0.3 is 0 Å². The highest BCUT2D eigenvalue weighted by atomic mass is 16.1. The predicted octanol–water partition coefficient (Wildman–Crippen LogP) is 3.14. The van der Waals surface area contributed by atoms with Gasteiger partial charge in [0.2, 0.25) is 5.91 Å². The third-order valence-electron chi connectivity index (χ3n) is 4.38. The van der Waals surface area contributed by atoms with Gasteiger partial charge in [0.15, 0.2) is 0 Å². The van der Waals surface area contributed by atoms with Crippen molar-refractivity contribution < 1.29 is 4.79 Å². The molecule has 1 aromatic rings. The number of nitrogens with two attached hydrogens (primary N) is 1. The molecule has 0 spiro atoms. The average molecular weight is 274 g/mol. The molecule has 0 radical (unpaired) electrons. The smallest absolute Gasteiger partial charge is 0.222 e. The van der Waals surface area contributed by atoms with Crippen molar-refractivity contribution >= 4 is 5.91 Å². The van der Waals surface area contributed by atoms with Crippen LogP contribution in [-0.2, 0) is 4.79 Å². The number of rotatable bonds is 4. The summed E-state index contributed by atoms with van der Waals surface area (Å²) in [5.41, 5.74) is 9.64. The molecule has 2 rings (SSSR count). The second-order valence-electron chi connectivity index (χ2n) is 6.40. The summed E-state index contributed by atoms with van der Waals surface area (Å²) in [6.45, 7) is 6.21. The molecule has 110 valence electrons. The fraction of sp³-hybridized carbons (Fsp3) is 0.588. The molecule has 0 saturated heterocycles. The molecule has 1 amide bonds. The lowest BCUT2D eigenvalue weighted by atomic mass is 9.93. The van der Waals surface area contributed by atoms with E-state index < -0.39 is 0 Å². The van der Waals surface area contributed by atoms with Gasteiger partial charge in [-0.05, 0) is 44.7 Å². The van der Waals surface area contributed by atoms with Gasteiger partial charge in [-0.15, -0.1) is 0 Å². The Kier molecular flexibility index (Phi) is 4.48. The molecule has 1 saturated carbocycles. The molecule has 0 aliphatic heterocycles. The molecule has 1 aliphatic carbocycles. The molecule has 20 heavy (non-hydrogen) atoms. The van der Waals surface area contributed by atoms with Crippen molar-refractivity contribution in [1.29, 1.82) is 0 Å². The topological polar surface area (TPSA) is 55.1 Å². The van der Waals surface area contributed by atoms with E-state index in [1.54, 1.807) is 0 Å². The fourth-order valence-electron chi connectivity index (χ4n) is 3.26. The van der Waals surface area contributed by atoms with Crippen LogP contribution in [0, 0.1) is 13.8 Å². The molecule has 3 heteroatoms. The zero-order chi connectivity index (χ0) is 14.8. The number of aryl methyl sites for hydroxylation is 2. The van der Waals surface area contributed by atoms with Gasteiger partial charge in [0.05, 0.1) is 6.04 Å². The summed E-state index contributed by atoms with van der Waals surface area (Å²) in [6, 6.07) is 6.38. The Morgan fingerprint density at radius 3 is 2.60 bits per heavy atom. The largest absolute Gasteiger partial charge is 0.350 e. The maximum Gasteiger partial charge on any atom is 0.222 e. The molecule has 3 nitrogen and oxygen atoms in total. The third kappa shape index (κ3) is 3.60. The SMILES string of the molecule is Cc1ccc(C(C)NC(=O)CC2(N)CCCC2)c(C)c1. The van der Waals surface area contributed by atoms with E-state index in [2.05, 4.69) is 37.4 Å². The highest BCUT2D eigenvalue weighted by Gasteiger charge is 2.32. The molecule has 1 fully saturated rings. The maximum atomic E-state index is 12.2. The molecule has 1 aromatic carbocycles. The number of nitrogens with one attached hydrogen (secondary N) is 1. The normalized spacial score (nSPS) is 18.8. The van der Waals surface area contributed by atoms with Crippen molar-refractivity contribution in [3.63, 3.8) is 0 Å². The molecular weight excluding hydrogens is 248 g/mol. The van der Waals surface area contributed by atoms with Crippen molar-refractivity contribution in [1.82, 2.24) is 5.32 Å². The predicted molar refractivity (Wildman–Crippen MR) is 82.5 cm³/mol. The lowest BCUT2D eigenvalue weighted by molar-refractivity contribution is -0.122. The monoisotopic (exact) mass is 274 g/mol. The Hall–Kier alpha value is -1.35. The van der Waals surface area contributed by atoms with Crippen molar-refractivity contribution in [2.45, 2.75) is 64.5 Å². The second-order valence-corrected chi connectivity index (χ2v) is 6.40. The van der Waals surface area contributed by atoms with Crippen LogP contribution in [0.25, 0.3) is 0 Å². The van der Waals surface area contributed by atoms with E-state index in [1.165, 1.54) is 16.7 Å². The summed E-state index contributed by atoms with van der Waals surface area (Å²) in [7, 11) is 0. The summed E-state index contributed by atoms with van der Waals surface area (Å²) in [4.78, 5) is 12.2. The zero-order valence-electron chi connectivity index (χ0n) is 12.8. The third-order valence-corrected chi connectivity index (χ3v) is 4.38. The van der Waals surface area contributed by atoms with E-state index in [0.29, 0.717) is 6.42 Å². The molecular formula is C17H26N2O. The number of hydrogen-bond acceptors (Lipinski definition) is 2. The van der Waals surface area contributed by atoms with Crippen molar-refractivity contribution in [3.8, 4) is 0 Å². The molecule has 1 atom stereocenters. The van der Waals surface area contributed by atoms with Gasteiger partial charge in [0, 0.05) is 12.0 Å². The Bertz CT molecular complexity index is 490. The van der Waals surface area contributed by atoms with Gasteiger partial charge in [0.1, 0.15) is 0 Å². The van der Waals surface area contributed by atoms with Crippen LogP contribution >= 0.6 is 0 Å². The first-order valence-electron chi connectivity index (χ1n) is 7.55. The van der Waals surface area contributed by atoms with Crippen LogP contribution in [0.3, 0.4) is 0 Å². The van der Waals surface area contributed by atoms with Gasteiger partial charge in [-0.1, -0.05) is 36.6 Å². The van der Waals surface area contributed by atoms with Gasteiger partial charge < -0.3 is 11.1 Å². The van der Waals surface area contributed by atoms with Crippen LogP contribution in [0.4, 0.5) is 0 Å². The minimum atomic E-state index is -0.272.